The summed E-state index contributed by atoms with van der Waals surface area (Å²) in [6.45, 7) is 6.47. The van der Waals surface area contributed by atoms with Crippen LogP contribution in [0.3, 0.4) is 0 Å². The summed E-state index contributed by atoms with van der Waals surface area (Å²) < 4.78 is 5.13. The molecule has 0 bridgehead atoms. The van der Waals surface area contributed by atoms with Gasteiger partial charge in [0.2, 0.25) is 0 Å². The zero-order valence-corrected chi connectivity index (χ0v) is 27.8. The number of aromatic amines is 1. The van der Waals surface area contributed by atoms with Gasteiger partial charge in [0.1, 0.15) is 5.82 Å². The van der Waals surface area contributed by atoms with Crippen molar-refractivity contribution >= 4 is 11.2 Å². The van der Waals surface area contributed by atoms with Crippen LogP contribution < -0.4 is 11.2 Å². The van der Waals surface area contributed by atoms with E-state index in [9.17, 15) is 9.59 Å². The first-order valence-corrected chi connectivity index (χ1v) is 16.7. The van der Waals surface area contributed by atoms with Crippen LogP contribution in [0.5, 0.6) is 0 Å². The van der Waals surface area contributed by atoms with E-state index in [-0.39, 0.29) is 17.3 Å². The van der Waals surface area contributed by atoms with Crippen molar-refractivity contribution in [2.75, 3.05) is 0 Å². The number of aryl methyl sites for hydroxylation is 1. The second kappa shape index (κ2) is 13.7. The van der Waals surface area contributed by atoms with Crippen LogP contribution in [0.2, 0.25) is 0 Å². The van der Waals surface area contributed by atoms with E-state index in [1.807, 2.05) is 103 Å². The zero-order chi connectivity index (χ0) is 33.9. The van der Waals surface area contributed by atoms with Crippen molar-refractivity contribution in [2.24, 2.45) is 0 Å². The molecule has 2 unspecified atom stereocenters. The van der Waals surface area contributed by atoms with Crippen LogP contribution in [0, 0.1) is 0 Å². The standard InChI is InChI=1S/C39H38N8O2/c1-4-5-20-34-40-37-35(45(34)25-28-21-23-31(24-22-28)32-18-12-13-19-33(32)36-41-43-44-42-36)38(48)47(27(3)30-16-10-7-11-17-30)39(49)46(37)26(2)29-14-8-6-9-15-29/h6-19,21-24,26-27H,4-5,20,25H2,1-3H3,(H,41,42,43,44). The normalized spacial score (nSPS) is 12.7. The lowest BCUT2D eigenvalue weighted by atomic mass is 9.98. The molecule has 7 aromatic rings. The Bertz CT molecular complexity index is 2310. The van der Waals surface area contributed by atoms with Crippen molar-refractivity contribution in [1.29, 1.82) is 0 Å². The number of benzene rings is 4. The maximum atomic E-state index is 14.6. The Labute approximate surface area is 283 Å². The lowest BCUT2D eigenvalue weighted by Gasteiger charge is -2.21. The number of nitrogens with zero attached hydrogens (tertiary/aromatic N) is 7. The Hall–Kier alpha value is -5.90. The number of fused-ring (bicyclic) bond motifs is 1. The zero-order valence-electron chi connectivity index (χ0n) is 27.8. The van der Waals surface area contributed by atoms with Crippen LogP contribution in [0.25, 0.3) is 33.7 Å². The number of hydrogen-bond donors (Lipinski definition) is 1. The number of aromatic nitrogens is 8. The molecule has 7 rings (SSSR count). The van der Waals surface area contributed by atoms with Gasteiger partial charge in [0, 0.05) is 18.5 Å². The molecule has 2 atom stereocenters. The monoisotopic (exact) mass is 650 g/mol. The molecule has 4 aromatic carbocycles. The molecule has 0 saturated heterocycles. The molecule has 0 aliphatic carbocycles. The molecule has 0 aliphatic rings. The van der Waals surface area contributed by atoms with Gasteiger partial charge in [0.05, 0.1) is 12.1 Å². The summed E-state index contributed by atoms with van der Waals surface area (Å²) in [6.07, 6.45) is 2.56. The van der Waals surface area contributed by atoms with E-state index < -0.39 is 6.04 Å². The minimum Gasteiger partial charge on any atom is -0.318 e. The van der Waals surface area contributed by atoms with E-state index in [4.69, 9.17) is 4.98 Å². The SMILES string of the molecule is CCCCc1nc2c(c(=O)n(C(C)c3ccccc3)c(=O)n2C(C)c2ccccc2)n1Cc1ccc(-c2ccccc2-c2nnn[nH]2)cc1. The van der Waals surface area contributed by atoms with Gasteiger partial charge < -0.3 is 4.57 Å². The Kier molecular flexibility index (Phi) is 8.85. The molecule has 1 N–H and O–H groups in total. The van der Waals surface area contributed by atoms with Crippen LogP contribution in [-0.2, 0) is 13.0 Å². The largest absolute Gasteiger partial charge is 0.333 e. The van der Waals surface area contributed by atoms with Crippen molar-refractivity contribution in [1.82, 2.24) is 39.3 Å². The van der Waals surface area contributed by atoms with E-state index in [1.165, 1.54) is 4.57 Å². The fourth-order valence-corrected chi connectivity index (χ4v) is 6.61. The highest BCUT2D eigenvalue weighted by Crippen LogP contribution is 2.30. The molecule has 0 fully saturated rings. The van der Waals surface area contributed by atoms with E-state index >= 15 is 0 Å². The van der Waals surface area contributed by atoms with Crippen LogP contribution in [0.4, 0.5) is 0 Å². The molecule has 3 heterocycles. The molecule has 0 radical (unpaired) electrons. The Balaban J connectivity index is 1.39. The molecule has 0 amide bonds. The number of nitrogens with one attached hydrogen (secondary N) is 1. The maximum absolute atomic E-state index is 14.6. The van der Waals surface area contributed by atoms with Gasteiger partial charge in [-0.2, -0.15) is 0 Å². The highest BCUT2D eigenvalue weighted by molar-refractivity contribution is 5.80. The number of unbranched alkanes of at least 4 members (excludes halogenated alkanes) is 1. The van der Waals surface area contributed by atoms with E-state index in [0.717, 1.165) is 52.0 Å². The van der Waals surface area contributed by atoms with E-state index in [2.05, 4.69) is 51.8 Å². The minimum absolute atomic E-state index is 0.339. The van der Waals surface area contributed by atoms with Crippen LogP contribution in [-0.4, -0.2) is 39.3 Å². The smallest absolute Gasteiger partial charge is 0.318 e. The molecule has 0 spiro atoms. The highest BCUT2D eigenvalue weighted by Gasteiger charge is 2.27. The predicted molar refractivity (Wildman–Crippen MR) is 192 cm³/mol. The summed E-state index contributed by atoms with van der Waals surface area (Å²) >= 11 is 0. The van der Waals surface area contributed by atoms with Crippen molar-refractivity contribution < 1.29 is 0 Å². The summed E-state index contributed by atoms with van der Waals surface area (Å²) in [5, 5.41) is 14.5. The molecule has 10 nitrogen and oxygen atoms in total. The van der Waals surface area contributed by atoms with Crippen molar-refractivity contribution in [3.8, 4) is 22.5 Å². The van der Waals surface area contributed by atoms with Gasteiger partial charge in [-0.05, 0) is 58.5 Å². The Morgan fingerprint density at radius 3 is 1.96 bits per heavy atom. The maximum Gasteiger partial charge on any atom is 0.333 e. The lowest BCUT2D eigenvalue weighted by Crippen LogP contribution is -2.43. The van der Waals surface area contributed by atoms with Gasteiger partial charge in [-0.15, -0.1) is 5.10 Å². The van der Waals surface area contributed by atoms with Gasteiger partial charge in [0.15, 0.2) is 17.0 Å². The van der Waals surface area contributed by atoms with Crippen LogP contribution in [0.1, 0.15) is 68.2 Å². The minimum atomic E-state index is -0.485. The molecular weight excluding hydrogens is 612 g/mol. The first-order chi connectivity index (χ1) is 24.0. The number of tetrazole rings is 1. The van der Waals surface area contributed by atoms with Crippen LogP contribution >= 0.6 is 0 Å². The third-order valence-corrected chi connectivity index (χ3v) is 9.32. The first kappa shape index (κ1) is 31.7. The molecule has 10 heteroatoms. The predicted octanol–water partition coefficient (Wildman–Crippen LogP) is 6.82. The summed E-state index contributed by atoms with van der Waals surface area (Å²) in [7, 11) is 0. The average molecular weight is 651 g/mol. The second-order valence-corrected chi connectivity index (χ2v) is 12.4. The number of hydrogen-bond acceptors (Lipinski definition) is 6. The third-order valence-electron chi connectivity index (χ3n) is 9.32. The van der Waals surface area contributed by atoms with Gasteiger partial charge in [-0.1, -0.05) is 123 Å². The topological polar surface area (TPSA) is 116 Å². The first-order valence-electron chi connectivity index (χ1n) is 16.7. The quantitative estimate of drug-likeness (QED) is 0.164. The second-order valence-electron chi connectivity index (χ2n) is 12.4. The van der Waals surface area contributed by atoms with Crippen molar-refractivity contribution in [2.45, 2.75) is 58.7 Å². The Morgan fingerprint density at radius 2 is 1.35 bits per heavy atom. The van der Waals surface area contributed by atoms with E-state index in [0.29, 0.717) is 30.0 Å². The fourth-order valence-electron chi connectivity index (χ4n) is 6.61. The fraction of sp³-hybridized carbons (Fsp3) is 0.231. The molecular formula is C39H38N8O2. The van der Waals surface area contributed by atoms with E-state index in [1.54, 1.807) is 4.57 Å². The van der Waals surface area contributed by atoms with Crippen molar-refractivity contribution in [3.05, 3.63) is 153 Å². The summed E-state index contributed by atoms with van der Waals surface area (Å²) in [4.78, 5) is 34.2. The summed E-state index contributed by atoms with van der Waals surface area (Å²) in [6, 6.07) is 35.0. The average Bonchev–Trinajstić information content (AvgIpc) is 3.81. The molecule has 0 saturated carbocycles. The molecule has 246 valence electrons. The molecule has 0 aliphatic heterocycles. The lowest BCUT2D eigenvalue weighted by molar-refractivity contribution is 0.515. The highest BCUT2D eigenvalue weighted by atomic mass is 16.2. The van der Waals surface area contributed by atoms with Gasteiger partial charge in [-0.25, -0.2) is 14.9 Å². The van der Waals surface area contributed by atoms with Crippen LogP contribution in [0.15, 0.2) is 119 Å². The Morgan fingerprint density at radius 1 is 0.735 bits per heavy atom. The summed E-state index contributed by atoms with van der Waals surface area (Å²) in [5.74, 6) is 1.39. The van der Waals surface area contributed by atoms with Gasteiger partial charge >= 0.3 is 5.69 Å². The number of H-pyrrole nitrogens is 1. The number of rotatable bonds is 11. The van der Waals surface area contributed by atoms with Gasteiger partial charge in [-0.3, -0.25) is 13.9 Å². The molecule has 3 aromatic heterocycles. The molecule has 49 heavy (non-hydrogen) atoms. The third kappa shape index (κ3) is 6.01. The number of imidazole rings is 1. The summed E-state index contributed by atoms with van der Waals surface area (Å²) in [5.41, 5.74) is 5.92. The van der Waals surface area contributed by atoms with Crippen molar-refractivity contribution in [3.63, 3.8) is 0 Å². The van der Waals surface area contributed by atoms with Gasteiger partial charge in [0.25, 0.3) is 5.56 Å².